The molecule has 2 heterocycles. The number of hydrogen-bond acceptors (Lipinski definition) is 3. The number of carbonyl (C=O) groups is 2. The van der Waals surface area contributed by atoms with Crippen molar-refractivity contribution in [3.05, 3.63) is 35.6 Å². The Labute approximate surface area is 154 Å². The summed E-state index contributed by atoms with van der Waals surface area (Å²) in [6.45, 7) is 3.18. The van der Waals surface area contributed by atoms with Crippen molar-refractivity contribution >= 4 is 24.2 Å². The maximum absolute atomic E-state index is 13.8. The van der Waals surface area contributed by atoms with Gasteiger partial charge in [0.1, 0.15) is 5.82 Å². The van der Waals surface area contributed by atoms with Crippen LogP contribution in [0.4, 0.5) is 4.39 Å². The molecule has 2 aliphatic heterocycles. The lowest BCUT2D eigenvalue weighted by Crippen LogP contribution is -2.39. The van der Waals surface area contributed by atoms with E-state index in [1.165, 1.54) is 12.1 Å². The summed E-state index contributed by atoms with van der Waals surface area (Å²) in [6, 6.07) is 6.34. The third kappa shape index (κ3) is 4.92. The Kier molecular flexibility index (Phi) is 7.20. The molecule has 2 amide bonds. The molecule has 2 fully saturated rings. The van der Waals surface area contributed by atoms with E-state index in [4.69, 9.17) is 0 Å². The van der Waals surface area contributed by atoms with Crippen LogP contribution in [0.1, 0.15) is 36.0 Å². The van der Waals surface area contributed by atoms with Gasteiger partial charge in [0.15, 0.2) is 0 Å². The number of nitrogens with one attached hydrogen (secondary N) is 1. The highest BCUT2D eigenvalue weighted by Gasteiger charge is 2.26. The zero-order valence-electron chi connectivity index (χ0n) is 14.2. The quantitative estimate of drug-likeness (QED) is 0.887. The van der Waals surface area contributed by atoms with E-state index in [9.17, 15) is 14.0 Å². The zero-order valence-corrected chi connectivity index (χ0v) is 15.1. The summed E-state index contributed by atoms with van der Waals surface area (Å²) in [4.78, 5) is 28.4. The molecule has 5 nitrogen and oxygen atoms in total. The molecule has 2 aliphatic rings. The van der Waals surface area contributed by atoms with Crippen LogP contribution in [-0.2, 0) is 4.79 Å². The van der Waals surface area contributed by atoms with Crippen LogP contribution in [0.3, 0.4) is 0 Å². The topological polar surface area (TPSA) is 52.7 Å². The minimum absolute atomic E-state index is 0. The van der Waals surface area contributed by atoms with E-state index in [1.807, 2.05) is 4.90 Å². The van der Waals surface area contributed by atoms with Gasteiger partial charge >= 0.3 is 0 Å². The summed E-state index contributed by atoms with van der Waals surface area (Å²) in [5.41, 5.74) is 0.104. The van der Waals surface area contributed by atoms with Crippen molar-refractivity contribution in [1.29, 1.82) is 0 Å². The lowest BCUT2D eigenvalue weighted by molar-refractivity contribution is -0.131. The van der Waals surface area contributed by atoms with E-state index >= 15 is 0 Å². The van der Waals surface area contributed by atoms with Gasteiger partial charge in [-0.1, -0.05) is 12.1 Å². The average molecular weight is 370 g/mol. The molecule has 0 saturated carbocycles. The van der Waals surface area contributed by atoms with Crippen molar-refractivity contribution in [3.63, 3.8) is 0 Å². The molecule has 0 spiro atoms. The van der Waals surface area contributed by atoms with Gasteiger partial charge in [-0.15, -0.1) is 12.4 Å². The number of nitrogens with zero attached hydrogens (tertiary/aromatic N) is 2. The second-order valence-corrected chi connectivity index (χ2v) is 6.50. The standard InChI is InChI=1S/C18H24FN3O2.ClH/c19-16-7-2-1-6-15(16)18(24)22-10-4-9-21(11-12-22)17(23)13-14-5-3-8-20-14;/h1-2,6-7,14,20H,3-5,8-13H2;1H. The number of amides is 2. The van der Waals surface area contributed by atoms with Crippen LogP contribution in [0.25, 0.3) is 0 Å². The summed E-state index contributed by atoms with van der Waals surface area (Å²) >= 11 is 0. The zero-order chi connectivity index (χ0) is 16.9. The van der Waals surface area contributed by atoms with Crippen molar-refractivity contribution in [3.8, 4) is 0 Å². The van der Waals surface area contributed by atoms with Gasteiger partial charge < -0.3 is 15.1 Å². The molecule has 2 saturated heterocycles. The molecule has 7 heteroatoms. The summed E-state index contributed by atoms with van der Waals surface area (Å²) in [6.07, 6.45) is 3.44. The Morgan fingerprint density at radius 1 is 1.08 bits per heavy atom. The number of rotatable bonds is 3. The van der Waals surface area contributed by atoms with Crippen molar-refractivity contribution in [2.45, 2.75) is 31.7 Å². The predicted octanol–water partition coefficient (Wildman–Crippen LogP) is 2.06. The third-order valence-corrected chi connectivity index (χ3v) is 4.82. The SMILES string of the molecule is Cl.O=C(CC1CCCN1)N1CCCN(C(=O)c2ccccc2F)CC1. The maximum atomic E-state index is 13.8. The van der Waals surface area contributed by atoms with Crippen molar-refractivity contribution < 1.29 is 14.0 Å². The Morgan fingerprint density at radius 3 is 2.52 bits per heavy atom. The minimum atomic E-state index is -0.494. The third-order valence-electron chi connectivity index (χ3n) is 4.82. The summed E-state index contributed by atoms with van der Waals surface area (Å²) < 4.78 is 13.8. The first kappa shape index (κ1) is 19.7. The van der Waals surface area contributed by atoms with Crippen molar-refractivity contribution in [1.82, 2.24) is 15.1 Å². The van der Waals surface area contributed by atoms with Gasteiger partial charge in [0, 0.05) is 38.6 Å². The predicted molar refractivity (Wildman–Crippen MR) is 96.4 cm³/mol. The first-order valence-electron chi connectivity index (χ1n) is 8.70. The molecule has 3 rings (SSSR count). The smallest absolute Gasteiger partial charge is 0.256 e. The second-order valence-electron chi connectivity index (χ2n) is 6.50. The molecule has 138 valence electrons. The van der Waals surface area contributed by atoms with Gasteiger partial charge in [-0.05, 0) is 37.9 Å². The molecule has 0 aromatic heterocycles. The molecule has 1 aromatic rings. The Hall–Kier alpha value is -1.66. The van der Waals surface area contributed by atoms with Gasteiger partial charge in [-0.2, -0.15) is 0 Å². The van der Waals surface area contributed by atoms with Crippen molar-refractivity contribution in [2.75, 3.05) is 32.7 Å². The number of benzene rings is 1. The molecular weight excluding hydrogens is 345 g/mol. The van der Waals surface area contributed by atoms with Crippen LogP contribution in [0, 0.1) is 5.82 Å². The van der Waals surface area contributed by atoms with Gasteiger partial charge in [0.25, 0.3) is 5.91 Å². The van der Waals surface area contributed by atoms with Crippen LogP contribution in [0.5, 0.6) is 0 Å². The minimum Gasteiger partial charge on any atom is -0.341 e. The lowest BCUT2D eigenvalue weighted by Gasteiger charge is -2.23. The average Bonchev–Trinajstić information content (AvgIpc) is 2.96. The molecule has 1 N–H and O–H groups in total. The molecule has 25 heavy (non-hydrogen) atoms. The maximum Gasteiger partial charge on any atom is 0.256 e. The normalized spacial score (nSPS) is 20.8. The van der Waals surface area contributed by atoms with E-state index in [0.717, 1.165) is 25.8 Å². The molecule has 1 unspecified atom stereocenters. The van der Waals surface area contributed by atoms with Gasteiger partial charge in [0.05, 0.1) is 5.56 Å². The van der Waals surface area contributed by atoms with Gasteiger partial charge in [0.2, 0.25) is 5.91 Å². The van der Waals surface area contributed by atoms with Crippen molar-refractivity contribution in [2.24, 2.45) is 0 Å². The Morgan fingerprint density at radius 2 is 1.80 bits per heavy atom. The molecule has 0 radical (unpaired) electrons. The van der Waals surface area contributed by atoms with Gasteiger partial charge in [-0.3, -0.25) is 9.59 Å². The fourth-order valence-electron chi connectivity index (χ4n) is 3.45. The highest BCUT2D eigenvalue weighted by Crippen LogP contribution is 2.15. The van der Waals surface area contributed by atoms with Crippen LogP contribution in [0.15, 0.2) is 24.3 Å². The molecule has 0 aliphatic carbocycles. The summed E-state index contributed by atoms with van der Waals surface area (Å²) in [5.74, 6) is -0.638. The summed E-state index contributed by atoms with van der Waals surface area (Å²) in [7, 11) is 0. The Balaban J connectivity index is 0.00000225. The van der Waals surface area contributed by atoms with Crippen LogP contribution >= 0.6 is 12.4 Å². The molecule has 1 aromatic carbocycles. The van der Waals surface area contributed by atoms with E-state index in [0.29, 0.717) is 32.6 Å². The Bertz CT molecular complexity index is 608. The highest BCUT2D eigenvalue weighted by molar-refractivity contribution is 5.94. The van der Waals surface area contributed by atoms with E-state index in [-0.39, 0.29) is 35.8 Å². The monoisotopic (exact) mass is 369 g/mol. The largest absolute Gasteiger partial charge is 0.341 e. The molecule has 1 atom stereocenters. The number of halogens is 2. The van der Waals surface area contributed by atoms with Crippen LogP contribution in [-0.4, -0.2) is 60.4 Å². The van der Waals surface area contributed by atoms with E-state index in [1.54, 1.807) is 17.0 Å². The molecular formula is C18H25ClFN3O2. The number of carbonyl (C=O) groups excluding carboxylic acids is 2. The first-order chi connectivity index (χ1) is 11.6. The molecule has 0 bridgehead atoms. The van der Waals surface area contributed by atoms with Crippen LogP contribution < -0.4 is 5.32 Å². The van der Waals surface area contributed by atoms with E-state index in [2.05, 4.69) is 5.32 Å². The highest BCUT2D eigenvalue weighted by atomic mass is 35.5. The fourth-order valence-corrected chi connectivity index (χ4v) is 3.45. The summed E-state index contributed by atoms with van der Waals surface area (Å²) in [5, 5.41) is 3.34. The number of hydrogen-bond donors (Lipinski definition) is 1. The first-order valence-corrected chi connectivity index (χ1v) is 8.70. The fraction of sp³-hybridized carbons (Fsp3) is 0.556. The van der Waals surface area contributed by atoms with E-state index < -0.39 is 5.82 Å². The van der Waals surface area contributed by atoms with Gasteiger partial charge in [-0.25, -0.2) is 4.39 Å². The second kappa shape index (κ2) is 9.15. The van der Waals surface area contributed by atoms with Crippen LogP contribution in [0.2, 0.25) is 0 Å². The lowest BCUT2D eigenvalue weighted by atomic mass is 10.1.